The average Bonchev–Trinajstić information content (AvgIpc) is 3.36. The molecule has 2 amide bonds. The molecule has 6 nitrogen and oxygen atoms in total. The van der Waals surface area contributed by atoms with E-state index >= 15 is 0 Å². The lowest BCUT2D eigenvalue weighted by molar-refractivity contribution is -0.120. The van der Waals surface area contributed by atoms with Crippen molar-refractivity contribution in [3.8, 4) is 11.5 Å². The van der Waals surface area contributed by atoms with Crippen LogP contribution in [0.25, 0.3) is 5.57 Å². The Bertz CT molecular complexity index is 1250. The first-order chi connectivity index (χ1) is 15.6. The maximum atomic E-state index is 13.7. The minimum atomic E-state index is -0.354. The van der Waals surface area contributed by atoms with Gasteiger partial charge in [0.2, 0.25) is 0 Å². The van der Waals surface area contributed by atoms with Gasteiger partial charge in [-0.15, -0.1) is 0 Å². The van der Waals surface area contributed by atoms with Crippen molar-refractivity contribution in [1.29, 1.82) is 0 Å². The highest BCUT2D eigenvalue weighted by Crippen LogP contribution is 2.41. The van der Waals surface area contributed by atoms with Gasteiger partial charge < -0.3 is 14.4 Å². The molecule has 0 fully saturated rings. The maximum Gasteiger partial charge on any atom is 0.282 e. The van der Waals surface area contributed by atoms with Gasteiger partial charge in [-0.3, -0.25) is 9.59 Å². The number of nitrogens with zero attached hydrogens (tertiary/aromatic N) is 2. The molecule has 0 aliphatic carbocycles. The van der Waals surface area contributed by atoms with Crippen LogP contribution in [-0.2, 0) is 16.0 Å². The summed E-state index contributed by atoms with van der Waals surface area (Å²) in [6.07, 6.45) is 0.811. The van der Waals surface area contributed by atoms with E-state index in [1.54, 1.807) is 44.6 Å². The molecule has 6 heteroatoms. The molecule has 5 rings (SSSR count). The third-order valence-corrected chi connectivity index (χ3v) is 5.90. The lowest BCUT2D eigenvalue weighted by atomic mass is 10.0. The summed E-state index contributed by atoms with van der Waals surface area (Å²) in [6.45, 7) is 0.632. The molecule has 2 heterocycles. The Labute approximate surface area is 186 Å². The molecular weight excluding hydrogens is 404 g/mol. The standard InChI is InChI=1S/C26H22N2O4/c1-31-21-13-12-18(16-22(21)32-2)23-24(27-15-14-17-8-6-7-11-20(17)27)26(30)28(25(23)29)19-9-4-3-5-10-19/h3-13,16H,14-15H2,1-2H3. The first-order valence-electron chi connectivity index (χ1n) is 10.4. The summed E-state index contributed by atoms with van der Waals surface area (Å²) in [5.74, 6) is 0.370. The molecule has 160 valence electrons. The number of para-hydroxylation sites is 2. The Morgan fingerprint density at radius 3 is 2.25 bits per heavy atom. The number of carbonyl (C=O) groups is 2. The predicted octanol–water partition coefficient (Wildman–Crippen LogP) is 4.05. The molecular formula is C26H22N2O4. The van der Waals surface area contributed by atoms with Crippen molar-refractivity contribution in [1.82, 2.24) is 0 Å². The Balaban J connectivity index is 1.70. The van der Waals surface area contributed by atoms with Crippen molar-refractivity contribution in [3.05, 3.63) is 89.6 Å². The van der Waals surface area contributed by atoms with Crippen molar-refractivity contribution < 1.29 is 19.1 Å². The zero-order valence-corrected chi connectivity index (χ0v) is 17.9. The lowest BCUT2D eigenvalue weighted by Gasteiger charge is -2.22. The van der Waals surface area contributed by atoms with Gasteiger partial charge in [0.25, 0.3) is 11.8 Å². The van der Waals surface area contributed by atoms with E-state index in [0.29, 0.717) is 40.6 Å². The Kier molecular flexibility index (Phi) is 4.90. The van der Waals surface area contributed by atoms with Crippen LogP contribution in [0.3, 0.4) is 0 Å². The van der Waals surface area contributed by atoms with Gasteiger partial charge in [0.05, 0.1) is 25.5 Å². The first kappa shape index (κ1) is 19.9. The zero-order valence-electron chi connectivity index (χ0n) is 17.9. The normalized spacial score (nSPS) is 15.4. The van der Waals surface area contributed by atoms with E-state index in [-0.39, 0.29) is 11.8 Å². The summed E-state index contributed by atoms with van der Waals surface area (Å²) < 4.78 is 10.8. The molecule has 3 aromatic carbocycles. The van der Waals surface area contributed by atoms with Gasteiger partial charge in [-0.2, -0.15) is 0 Å². The number of methoxy groups -OCH3 is 2. The van der Waals surface area contributed by atoms with Crippen molar-refractivity contribution in [3.63, 3.8) is 0 Å². The van der Waals surface area contributed by atoms with Gasteiger partial charge in [-0.1, -0.05) is 42.5 Å². The maximum absolute atomic E-state index is 13.7. The quantitative estimate of drug-likeness (QED) is 0.576. The van der Waals surface area contributed by atoms with Crippen LogP contribution in [0.5, 0.6) is 11.5 Å². The van der Waals surface area contributed by atoms with Crippen LogP contribution < -0.4 is 19.3 Å². The van der Waals surface area contributed by atoms with Crippen LogP contribution in [0.1, 0.15) is 11.1 Å². The molecule has 0 saturated heterocycles. The third-order valence-electron chi connectivity index (χ3n) is 5.90. The van der Waals surface area contributed by atoms with E-state index in [4.69, 9.17) is 9.47 Å². The molecule has 0 atom stereocenters. The highest BCUT2D eigenvalue weighted by Gasteiger charge is 2.44. The number of amides is 2. The van der Waals surface area contributed by atoms with Crippen LogP contribution in [0.2, 0.25) is 0 Å². The second-order valence-electron chi connectivity index (χ2n) is 7.60. The molecule has 32 heavy (non-hydrogen) atoms. The minimum absolute atomic E-state index is 0.331. The van der Waals surface area contributed by atoms with Gasteiger partial charge in [-0.05, 0) is 47.9 Å². The van der Waals surface area contributed by atoms with Gasteiger partial charge in [0, 0.05) is 12.2 Å². The van der Waals surface area contributed by atoms with Gasteiger partial charge in [0.15, 0.2) is 11.5 Å². The second-order valence-corrected chi connectivity index (χ2v) is 7.60. The summed E-state index contributed by atoms with van der Waals surface area (Å²) in [4.78, 5) is 30.6. The second kappa shape index (κ2) is 7.89. The van der Waals surface area contributed by atoms with Gasteiger partial charge in [0.1, 0.15) is 5.70 Å². The summed E-state index contributed by atoms with van der Waals surface area (Å²) in [5, 5.41) is 0. The molecule has 0 radical (unpaired) electrons. The van der Waals surface area contributed by atoms with Gasteiger partial charge in [-0.25, -0.2) is 4.90 Å². The van der Waals surface area contributed by atoms with Crippen LogP contribution in [0.15, 0.2) is 78.5 Å². The highest BCUT2D eigenvalue weighted by atomic mass is 16.5. The summed E-state index contributed by atoms with van der Waals surface area (Å²) in [6, 6.07) is 22.3. The third kappa shape index (κ3) is 3.03. The summed E-state index contributed by atoms with van der Waals surface area (Å²) in [5.41, 5.74) is 4.01. The number of fused-ring (bicyclic) bond motifs is 1. The molecule has 0 bridgehead atoms. The van der Waals surface area contributed by atoms with E-state index in [1.807, 2.05) is 41.3 Å². The molecule has 0 aromatic heterocycles. The van der Waals surface area contributed by atoms with Crippen molar-refractivity contribution >= 4 is 28.8 Å². The van der Waals surface area contributed by atoms with Crippen LogP contribution in [0.4, 0.5) is 11.4 Å². The average molecular weight is 426 g/mol. The lowest BCUT2D eigenvalue weighted by Crippen LogP contribution is -2.34. The molecule has 2 aliphatic rings. The monoisotopic (exact) mass is 426 g/mol. The largest absolute Gasteiger partial charge is 0.493 e. The Morgan fingerprint density at radius 2 is 1.50 bits per heavy atom. The molecule has 2 aliphatic heterocycles. The number of anilines is 2. The number of rotatable bonds is 5. The topological polar surface area (TPSA) is 59.1 Å². The number of carbonyl (C=O) groups excluding carboxylic acids is 2. The molecule has 0 spiro atoms. The number of ether oxygens (including phenoxy) is 2. The predicted molar refractivity (Wildman–Crippen MR) is 123 cm³/mol. The zero-order chi connectivity index (χ0) is 22.2. The van der Waals surface area contributed by atoms with E-state index in [0.717, 1.165) is 17.7 Å². The number of benzene rings is 3. The summed E-state index contributed by atoms with van der Waals surface area (Å²) in [7, 11) is 3.11. The van der Waals surface area contributed by atoms with Crippen molar-refractivity contribution in [2.75, 3.05) is 30.6 Å². The molecule has 0 unspecified atom stereocenters. The number of hydrogen-bond donors (Lipinski definition) is 0. The molecule has 0 N–H and O–H groups in total. The van der Waals surface area contributed by atoms with Crippen LogP contribution >= 0.6 is 0 Å². The van der Waals surface area contributed by atoms with E-state index in [1.165, 1.54) is 4.90 Å². The van der Waals surface area contributed by atoms with Crippen LogP contribution in [0, 0.1) is 0 Å². The Morgan fingerprint density at radius 1 is 0.781 bits per heavy atom. The Hall–Kier alpha value is -4.06. The van der Waals surface area contributed by atoms with Crippen LogP contribution in [-0.4, -0.2) is 32.6 Å². The number of imide groups is 1. The first-order valence-corrected chi connectivity index (χ1v) is 10.4. The highest BCUT2D eigenvalue weighted by molar-refractivity contribution is 6.46. The van der Waals surface area contributed by atoms with Crippen molar-refractivity contribution in [2.45, 2.75) is 6.42 Å². The molecule has 3 aromatic rings. The SMILES string of the molecule is COc1ccc(C2=C(N3CCc4ccccc43)C(=O)N(c3ccccc3)C2=O)cc1OC. The minimum Gasteiger partial charge on any atom is -0.493 e. The fourth-order valence-corrected chi connectivity index (χ4v) is 4.40. The smallest absolute Gasteiger partial charge is 0.282 e. The van der Waals surface area contributed by atoms with E-state index in [2.05, 4.69) is 6.07 Å². The fourth-order valence-electron chi connectivity index (χ4n) is 4.40. The van der Waals surface area contributed by atoms with Crippen molar-refractivity contribution in [2.24, 2.45) is 0 Å². The summed E-state index contributed by atoms with van der Waals surface area (Å²) >= 11 is 0. The number of hydrogen-bond acceptors (Lipinski definition) is 5. The fraction of sp³-hybridized carbons (Fsp3) is 0.154. The van der Waals surface area contributed by atoms with E-state index < -0.39 is 0 Å². The van der Waals surface area contributed by atoms with E-state index in [9.17, 15) is 9.59 Å². The van der Waals surface area contributed by atoms with Gasteiger partial charge >= 0.3 is 0 Å². The molecule has 0 saturated carbocycles.